The zero-order valence-corrected chi connectivity index (χ0v) is 15.2. The van der Waals surface area contributed by atoms with Crippen molar-refractivity contribution in [2.75, 3.05) is 12.3 Å². The quantitative estimate of drug-likeness (QED) is 0.767. The second kappa shape index (κ2) is 8.06. The van der Waals surface area contributed by atoms with Gasteiger partial charge in [0, 0.05) is 17.5 Å². The van der Waals surface area contributed by atoms with Crippen LogP contribution in [0.1, 0.15) is 41.8 Å². The molecule has 2 aromatic rings. The molecule has 0 amide bonds. The van der Waals surface area contributed by atoms with Crippen LogP contribution in [0.15, 0.2) is 41.8 Å². The van der Waals surface area contributed by atoms with E-state index < -0.39 is 10.0 Å². The minimum absolute atomic E-state index is 0.0898. The number of nitrogens with two attached hydrogens (primary N) is 1. The topological polar surface area (TPSA) is 72.2 Å². The standard InChI is InChI=1S/C17H24N2O2S2/c1-13(2)14-5-7-15(8-6-14)17(18)12-19-23(20,21)11-9-16-4-3-10-22-16/h3-8,10,13,17,19H,9,11-12,18H2,1-2H3. The van der Waals surface area contributed by atoms with Crippen LogP contribution in [-0.4, -0.2) is 20.7 Å². The first kappa shape index (κ1) is 18.1. The van der Waals surface area contributed by atoms with Crippen LogP contribution in [0, 0.1) is 0 Å². The Morgan fingerprint density at radius 1 is 1.13 bits per heavy atom. The lowest BCUT2D eigenvalue weighted by Gasteiger charge is -2.14. The highest BCUT2D eigenvalue weighted by atomic mass is 32.2. The van der Waals surface area contributed by atoms with Crippen molar-refractivity contribution in [3.05, 3.63) is 57.8 Å². The molecule has 0 aliphatic heterocycles. The van der Waals surface area contributed by atoms with Crippen molar-refractivity contribution in [3.63, 3.8) is 0 Å². The Labute approximate surface area is 142 Å². The Kier molecular flexibility index (Phi) is 6.35. The first-order valence-electron chi connectivity index (χ1n) is 7.72. The summed E-state index contributed by atoms with van der Waals surface area (Å²) >= 11 is 1.57. The van der Waals surface area contributed by atoms with Crippen molar-refractivity contribution in [1.82, 2.24) is 4.72 Å². The zero-order chi connectivity index (χ0) is 16.9. The molecule has 0 radical (unpaired) electrons. The maximum atomic E-state index is 12.0. The molecule has 0 saturated heterocycles. The van der Waals surface area contributed by atoms with Crippen molar-refractivity contribution in [2.45, 2.75) is 32.2 Å². The number of hydrogen-bond acceptors (Lipinski definition) is 4. The van der Waals surface area contributed by atoms with E-state index in [-0.39, 0.29) is 18.3 Å². The van der Waals surface area contributed by atoms with Gasteiger partial charge in [-0.05, 0) is 34.9 Å². The lowest BCUT2D eigenvalue weighted by atomic mass is 9.99. The molecule has 0 bridgehead atoms. The summed E-state index contributed by atoms with van der Waals surface area (Å²) in [5.74, 6) is 0.558. The molecule has 0 aliphatic carbocycles. The van der Waals surface area contributed by atoms with Crippen LogP contribution >= 0.6 is 11.3 Å². The van der Waals surface area contributed by atoms with Crippen LogP contribution in [0.5, 0.6) is 0 Å². The van der Waals surface area contributed by atoms with E-state index in [1.807, 2.05) is 41.8 Å². The summed E-state index contributed by atoms with van der Waals surface area (Å²) in [4.78, 5) is 1.07. The average molecular weight is 353 g/mol. The molecule has 4 nitrogen and oxygen atoms in total. The van der Waals surface area contributed by atoms with Gasteiger partial charge in [-0.1, -0.05) is 44.2 Å². The second-order valence-corrected chi connectivity index (χ2v) is 8.88. The minimum atomic E-state index is -3.31. The van der Waals surface area contributed by atoms with Gasteiger partial charge in [-0.15, -0.1) is 11.3 Å². The van der Waals surface area contributed by atoms with Gasteiger partial charge < -0.3 is 5.73 Å². The number of sulfonamides is 1. The van der Waals surface area contributed by atoms with Crippen LogP contribution < -0.4 is 10.5 Å². The van der Waals surface area contributed by atoms with E-state index in [1.54, 1.807) is 11.3 Å². The third kappa shape index (κ3) is 5.73. The molecule has 2 rings (SSSR count). The van der Waals surface area contributed by atoms with E-state index in [0.717, 1.165) is 10.4 Å². The van der Waals surface area contributed by atoms with Gasteiger partial charge in [-0.25, -0.2) is 13.1 Å². The summed E-state index contributed by atoms with van der Waals surface area (Å²) in [6.07, 6.45) is 0.533. The predicted octanol–water partition coefficient (Wildman–Crippen LogP) is 3.03. The molecular weight excluding hydrogens is 328 g/mol. The first-order chi connectivity index (χ1) is 10.9. The highest BCUT2D eigenvalue weighted by molar-refractivity contribution is 7.89. The predicted molar refractivity (Wildman–Crippen MR) is 97.3 cm³/mol. The Hall–Kier alpha value is -1.21. The largest absolute Gasteiger partial charge is 0.323 e. The molecule has 1 atom stereocenters. The summed E-state index contributed by atoms with van der Waals surface area (Å²) in [5, 5.41) is 1.95. The Morgan fingerprint density at radius 2 is 1.78 bits per heavy atom. The van der Waals surface area contributed by atoms with Crippen LogP contribution in [-0.2, 0) is 16.4 Å². The van der Waals surface area contributed by atoms with Gasteiger partial charge in [0.05, 0.1) is 5.75 Å². The molecule has 23 heavy (non-hydrogen) atoms. The molecule has 1 heterocycles. The van der Waals surface area contributed by atoms with E-state index in [0.29, 0.717) is 12.3 Å². The molecule has 1 aromatic heterocycles. The molecule has 6 heteroatoms. The highest BCUT2D eigenvalue weighted by Crippen LogP contribution is 2.17. The van der Waals surface area contributed by atoms with Gasteiger partial charge >= 0.3 is 0 Å². The van der Waals surface area contributed by atoms with E-state index in [9.17, 15) is 8.42 Å². The Balaban J connectivity index is 1.86. The molecule has 1 unspecified atom stereocenters. The molecular formula is C17H24N2O2S2. The van der Waals surface area contributed by atoms with Crippen LogP contribution in [0.2, 0.25) is 0 Å². The number of thiophene rings is 1. The van der Waals surface area contributed by atoms with Crippen molar-refractivity contribution >= 4 is 21.4 Å². The van der Waals surface area contributed by atoms with Gasteiger partial charge in [-0.3, -0.25) is 0 Å². The van der Waals surface area contributed by atoms with Crippen molar-refractivity contribution < 1.29 is 8.42 Å². The fourth-order valence-corrected chi connectivity index (χ4v) is 4.13. The van der Waals surface area contributed by atoms with Crippen molar-refractivity contribution in [1.29, 1.82) is 0 Å². The van der Waals surface area contributed by atoms with Crippen LogP contribution in [0.4, 0.5) is 0 Å². The van der Waals surface area contributed by atoms with E-state index in [4.69, 9.17) is 5.73 Å². The maximum absolute atomic E-state index is 12.0. The second-order valence-electron chi connectivity index (χ2n) is 5.92. The number of benzene rings is 1. The summed E-state index contributed by atoms with van der Waals surface area (Å²) in [7, 11) is -3.31. The average Bonchev–Trinajstić information content (AvgIpc) is 3.04. The SMILES string of the molecule is CC(C)c1ccc(C(N)CNS(=O)(=O)CCc2cccs2)cc1. The zero-order valence-electron chi connectivity index (χ0n) is 13.5. The van der Waals surface area contributed by atoms with E-state index in [1.165, 1.54) is 5.56 Å². The third-order valence-electron chi connectivity index (χ3n) is 3.75. The van der Waals surface area contributed by atoms with Gasteiger partial charge in [0.15, 0.2) is 0 Å². The van der Waals surface area contributed by atoms with Gasteiger partial charge in [0.2, 0.25) is 10.0 Å². The van der Waals surface area contributed by atoms with Crippen molar-refractivity contribution in [3.8, 4) is 0 Å². The highest BCUT2D eigenvalue weighted by Gasteiger charge is 2.14. The number of nitrogens with one attached hydrogen (secondary N) is 1. The van der Waals surface area contributed by atoms with Crippen LogP contribution in [0.25, 0.3) is 0 Å². The number of rotatable bonds is 8. The fourth-order valence-electron chi connectivity index (χ4n) is 2.22. The summed E-state index contributed by atoms with van der Waals surface area (Å²) < 4.78 is 26.7. The minimum Gasteiger partial charge on any atom is -0.323 e. The normalized spacial score (nSPS) is 13.4. The maximum Gasteiger partial charge on any atom is 0.212 e. The molecule has 126 valence electrons. The van der Waals surface area contributed by atoms with Gasteiger partial charge in [0.25, 0.3) is 0 Å². The summed E-state index contributed by atoms with van der Waals surface area (Å²) in [6, 6.07) is 11.6. The fraction of sp³-hybridized carbons (Fsp3) is 0.412. The Morgan fingerprint density at radius 3 is 2.35 bits per heavy atom. The summed E-state index contributed by atoms with van der Waals surface area (Å²) in [5.41, 5.74) is 8.28. The van der Waals surface area contributed by atoms with Gasteiger partial charge in [0.1, 0.15) is 0 Å². The van der Waals surface area contributed by atoms with E-state index in [2.05, 4.69) is 18.6 Å². The van der Waals surface area contributed by atoms with E-state index >= 15 is 0 Å². The molecule has 1 aromatic carbocycles. The Bertz CT molecular complexity index is 693. The third-order valence-corrected chi connectivity index (χ3v) is 6.04. The number of aryl methyl sites for hydroxylation is 1. The monoisotopic (exact) mass is 352 g/mol. The molecule has 0 spiro atoms. The molecule has 0 aliphatic rings. The molecule has 3 N–H and O–H groups in total. The summed E-state index contributed by atoms with van der Waals surface area (Å²) in [6.45, 7) is 4.49. The lowest BCUT2D eigenvalue weighted by molar-refractivity contribution is 0.571. The van der Waals surface area contributed by atoms with Gasteiger partial charge in [-0.2, -0.15) is 0 Å². The van der Waals surface area contributed by atoms with Crippen molar-refractivity contribution in [2.24, 2.45) is 5.73 Å². The molecule has 0 fully saturated rings. The number of hydrogen-bond donors (Lipinski definition) is 2. The molecule has 0 saturated carbocycles. The smallest absolute Gasteiger partial charge is 0.212 e. The first-order valence-corrected chi connectivity index (χ1v) is 10.3. The lowest BCUT2D eigenvalue weighted by Crippen LogP contribution is -2.33. The van der Waals surface area contributed by atoms with Crippen LogP contribution in [0.3, 0.4) is 0 Å².